The van der Waals surface area contributed by atoms with Crippen LogP contribution in [0, 0.1) is 11.8 Å². The molecule has 0 aliphatic carbocycles. The number of aliphatic hydroxyl groups excluding tert-OH is 1. The number of aliphatic hydroxyl groups is 1. The maximum Gasteiger partial charge on any atom is 0.410 e. The Morgan fingerprint density at radius 2 is 1.05 bits per heavy atom. The molecule has 2 aliphatic rings. The monoisotopic (exact) mass is 1140 g/mol. The molecule has 2 fully saturated rings. The molecule has 20 nitrogen and oxygen atoms in total. The van der Waals surface area contributed by atoms with E-state index in [9.17, 15) is 29.1 Å². The Morgan fingerprint density at radius 1 is 0.605 bits per heavy atom. The van der Waals surface area contributed by atoms with Crippen LogP contribution in [0.1, 0.15) is 121 Å². The van der Waals surface area contributed by atoms with Crippen molar-refractivity contribution in [3.05, 3.63) is 83.4 Å². The van der Waals surface area contributed by atoms with E-state index in [1.807, 2.05) is 99.6 Å². The van der Waals surface area contributed by atoms with Crippen molar-refractivity contribution in [3.8, 4) is 23.0 Å². The average Bonchev–Trinajstić information content (AvgIpc) is 3.42. The molecule has 2 heterocycles. The van der Waals surface area contributed by atoms with Crippen LogP contribution in [0.5, 0.6) is 23.0 Å². The Hall–Kier alpha value is -6.51. The molecule has 5 rings (SSSR count). The highest BCUT2D eigenvalue weighted by Crippen LogP contribution is 2.33. The Bertz CT molecular complexity index is 2430. The maximum absolute atomic E-state index is 14.1. The van der Waals surface area contributed by atoms with Gasteiger partial charge in [-0.3, -0.25) is 9.59 Å². The first-order valence-corrected chi connectivity index (χ1v) is 28.2. The average molecular weight is 1140 g/mol. The number of alkyl carbamates (subject to hydrolysis) is 1. The van der Waals surface area contributed by atoms with Crippen LogP contribution in [0.25, 0.3) is 0 Å². The summed E-state index contributed by atoms with van der Waals surface area (Å²) in [6.07, 6.45) is 1.79. The van der Waals surface area contributed by atoms with E-state index in [0.29, 0.717) is 119 Å². The number of nitrogens with one attached hydrogen (secondary N) is 1. The molecule has 3 aromatic rings. The van der Waals surface area contributed by atoms with Crippen LogP contribution in [0.3, 0.4) is 0 Å². The molecule has 3 aromatic carbocycles. The first kappa shape index (κ1) is 67.0. The standard InChI is InChI=1S/C35H51N3O8.C26H42N2O7/c1-25(2)38(32(39)28-14-15-30(43-7)31(21-28)44-19-11-18-42-6)29-20-27(22-37(23-29)34(41)46-35(3,4)5)24-45-33(40)36-17-16-26-12-9-8-10-13-26;1-18(2)28(21-13-19(17-29)15-27(16-21)25(31)35-26(3,4)5)24(30)20-9-10-22(33-7)23(14-20)34-12-8-11-32-6/h8-10,12-15,21,25,27,29H,11,16-20,22-24H2,1-7H3,(H,36,40);9-10,14,18-19,21,29H,8,11-13,15-17H2,1-7H3/t27-,29?;19-,21?/m00/s1. The number of benzene rings is 3. The number of hydrogen-bond acceptors (Lipinski definition) is 15. The number of carbonyl (C=O) groups is 5. The van der Waals surface area contributed by atoms with Crippen molar-refractivity contribution >= 4 is 30.1 Å². The smallest absolute Gasteiger partial charge is 0.410 e. The zero-order valence-corrected chi connectivity index (χ0v) is 50.6. The van der Waals surface area contributed by atoms with E-state index >= 15 is 0 Å². The van der Waals surface area contributed by atoms with Gasteiger partial charge in [-0.1, -0.05) is 30.3 Å². The van der Waals surface area contributed by atoms with Crippen LogP contribution in [-0.4, -0.2) is 191 Å². The lowest BCUT2D eigenvalue weighted by atomic mass is 9.92. The fourth-order valence-electron chi connectivity index (χ4n) is 9.71. The van der Waals surface area contributed by atoms with Crippen LogP contribution < -0.4 is 24.3 Å². The number of rotatable bonds is 24. The summed E-state index contributed by atoms with van der Waals surface area (Å²) in [6.45, 7) is 22.5. The van der Waals surface area contributed by atoms with Gasteiger partial charge in [-0.05, 0) is 130 Å². The van der Waals surface area contributed by atoms with Gasteiger partial charge in [-0.25, -0.2) is 14.4 Å². The second-order valence-electron chi connectivity index (χ2n) is 23.0. The first-order valence-electron chi connectivity index (χ1n) is 28.2. The Morgan fingerprint density at radius 3 is 1.46 bits per heavy atom. The summed E-state index contributed by atoms with van der Waals surface area (Å²) in [5, 5.41) is 12.7. The van der Waals surface area contributed by atoms with E-state index in [0.717, 1.165) is 5.56 Å². The van der Waals surface area contributed by atoms with Gasteiger partial charge < -0.3 is 72.7 Å². The Labute approximate surface area is 480 Å². The minimum absolute atomic E-state index is 0.0715. The van der Waals surface area contributed by atoms with Gasteiger partial charge in [0.1, 0.15) is 11.2 Å². The van der Waals surface area contributed by atoms with Gasteiger partial charge in [0, 0.05) is 115 Å². The molecule has 81 heavy (non-hydrogen) atoms. The third-order valence-electron chi connectivity index (χ3n) is 13.3. The molecular weight excluding hydrogens is 1040 g/mol. The molecule has 2 N–H and O–H groups in total. The number of likely N-dealkylation sites (tertiary alicyclic amines) is 2. The number of methoxy groups -OCH3 is 4. The van der Waals surface area contributed by atoms with E-state index in [2.05, 4.69) is 5.32 Å². The summed E-state index contributed by atoms with van der Waals surface area (Å²) in [5.74, 6) is 1.30. The third kappa shape index (κ3) is 22.1. The van der Waals surface area contributed by atoms with E-state index in [-0.39, 0.29) is 67.6 Å². The van der Waals surface area contributed by atoms with Crippen LogP contribution >= 0.6 is 0 Å². The molecule has 20 heteroatoms. The molecule has 2 unspecified atom stereocenters. The van der Waals surface area contributed by atoms with Crippen molar-refractivity contribution in [1.82, 2.24) is 24.9 Å². The van der Waals surface area contributed by atoms with Gasteiger partial charge in [0.2, 0.25) is 0 Å². The van der Waals surface area contributed by atoms with E-state index in [1.165, 1.54) is 0 Å². The van der Waals surface area contributed by atoms with Gasteiger partial charge >= 0.3 is 18.3 Å². The van der Waals surface area contributed by atoms with Crippen molar-refractivity contribution in [2.45, 2.75) is 137 Å². The van der Waals surface area contributed by atoms with Crippen molar-refractivity contribution in [2.24, 2.45) is 11.8 Å². The molecule has 0 saturated carbocycles. The number of ether oxygens (including phenoxy) is 9. The van der Waals surface area contributed by atoms with E-state index in [1.54, 1.807) is 84.4 Å². The van der Waals surface area contributed by atoms with E-state index < -0.39 is 29.5 Å². The van der Waals surface area contributed by atoms with Crippen molar-refractivity contribution in [2.75, 3.05) is 101 Å². The topological polar surface area (TPSA) is 214 Å². The molecule has 4 atom stereocenters. The number of amides is 5. The fraction of sp³-hybridized carbons (Fsp3) is 0.623. The lowest BCUT2D eigenvalue weighted by molar-refractivity contribution is -0.00801. The largest absolute Gasteiger partial charge is 0.493 e. The fourth-order valence-corrected chi connectivity index (χ4v) is 9.71. The summed E-state index contributed by atoms with van der Waals surface area (Å²) in [5.41, 5.74) is 0.707. The number of hydrogen-bond donors (Lipinski definition) is 2. The number of nitrogens with zero attached hydrogens (tertiary/aromatic N) is 4. The summed E-state index contributed by atoms with van der Waals surface area (Å²) in [7, 11) is 6.38. The first-order chi connectivity index (χ1) is 38.4. The molecular formula is C61H93N5O15. The molecule has 0 bridgehead atoms. The summed E-state index contributed by atoms with van der Waals surface area (Å²) in [6, 6.07) is 19.2. The Balaban J connectivity index is 0.000000362. The predicted octanol–water partition coefficient (Wildman–Crippen LogP) is 9.13. The lowest BCUT2D eigenvalue weighted by Gasteiger charge is -2.44. The van der Waals surface area contributed by atoms with Gasteiger partial charge in [-0.2, -0.15) is 0 Å². The van der Waals surface area contributed by atoms with Crippen LogP contribution in [0.2, 0.25) is 0 Å². The third-order valence-corrected chi connectivity index (χ3v) is 13.3. The normalized spacial score (nSPS) is 17.3. The maximum atomic E-state index is 14.1. The summed E-state index contributed by atoms with van der Waals surface area (Å²) in [4.78, 5) is 73.2. The predicted molar refractivity (Wildman–Crippen MR) is 309 cm³/mol. The van der Waals surface area contributed by atoms with E-state index in [4.69, 9.17) is 42.6 Å². The van der Waals surface area contributed by atoms with Crippen molar-refractivity contribution in [1.29, 1.82) is 0 Å². The zero-order chi connectivity index (χ0) is 59.9. The number of carbonyl (C=O) groups excluding carboxylic acids is 5. The lowest BCUT2D eigenvalue weighted by Crippen LogP contribution is -2.57. The summed E-state index contributed by atoms with van der Waals surface area (Å²) >= 11 is 0. The van der Waals surface area contributed by atoms with Crippen LogP contribution in [0.4, 0.5) is 14.4 Å². The quantitative estimate of drug-likeness (QED) is 0.0632. The zero-order valence-electron chi connectivity index (χ0n) is 50.6. The van der Waals surface area contributed by atoms with Gasteiger partial charge in [0.15, 0.2) is 23.0 Å². The molecule has 5 amide bonds. The highest BCUT2D eigenvalue weighted by molar-refractivity contribution is 5.96. The number of piperidine rings is 2. The summed E-state index contributed by atoms with van der Waals surface area (Å²) < 4.78 is 49.7. The highest BCUT2D eigenvalue weighted by atomic mass is 16.6. The second-order valence-corrected chi connectivity index (χ2v) is 23.0. The van der Waals surface area contributed by atoms with Gasteiger partial charge in [-0.15, -0.1) is 0 Å². The molecule has 452 valence electrons. The SMILES string of the molecule is COCCCOc1cc(C(=O)N(C(C)C)C2C[C@H](CO)CN(C(=O)OC(C)(C)C)C2)ccc1OC.COCCCOc1cc(C(=O)N(C(C)C)C2C[C@H](COC(=O)NCCc3ccccc3)CN(C(=O)OC(C)(C)C)C2)ccc1OC. The molecule has 0 aromatic heterocycles. The molecule has 2 saturated heterocycles. The van der Waals surface area contributed by atoms with Gasteiger partial charge in [0.05, 0.1) is 46.1 Å². The molecule has 0 radical (unpaired) electrons. The van der Waals surface area contributed by atoms with Crippen molar-refractivity contribution in [3.63, 3.8) is 0 Å². The molecule has 0 spiro atoms. The van der Waals surface area contributed by atoms with Crippen LogP contribution in [-0.2, 0) is 30.1 Å². The minimum Gasteiger partial charge on any atom is -0.493 e. The highest BCUT2D eigenvalue weighted by Gasteiger charge is 2.40. The van der Waals surface area contributed by atoms with Gasteiger partial charge in [0.25, 0.3) is 11.8 Å². The minimum atomic E-state index is -0.690. The molecule has 2 aliphatic heterocycles. The van der Waals surface area contributed by atoms with Crippen molar-refractivity contribution < 1.29 is 71.7 Å². The Kier molecular flexibility index (Phi) is 27.1. The second kappa shape index (κ2) is 32.8. The van der Waals surface area contributed by atoms with Crippen LogP contribution in [0.15, 0.2) is 66.7 Å².